The Balaban J connectivity index is 1.94. The lowest BCUT2D eigenvalue weighted by Gasteiger charge is -2.23. The van der Waals surface area contributed by atoms with Crippen LogP contribution >= 0.6 is 0 Å². The Morgan fingerprint density at radius 2 is 1.52 bits per heavy atom. The summed E-state index contributed by atoms with van der Waals surface area (Å²) in [6.45, 7) is 8.95. The fraction of sp³-hybridized carbons (Fsp3) is 0.417. The summed E-state index contributed by atoms with van der Waals surface area (Å²) in [6.07, 6.45) is 1.07. The Hall–Kier alpha value is -2.66. The van der Waals surface area contributed by atoms with Crippen LogP contribution in [-0.2, 0) is 11.2 Å². The minimum absolute atomic E-state index is 0.101. The molecular weight excluding hydrogens is 362 g/mol. The highest BCUT2D eigenvalue weighted by molar-refractivity contribution is 5.96. The lowest BCUT2D eigenvalue weighted by atomic mass is 9.93. The second kappa shape index (κ2) is 10.8. The first-order valence-electron chi connectivity index (χ1n) is 10.2. The number of amides is 2. The van der Waals surface area contributed by atoms with Crippen LogP contribution in [0, 0.1) is 11.8 Å². The Bertz CT molecular complexity index is 796. The minimum atomic E-state index is -0.149. The van der Waals surface area contributed by atoms with E-state index in [0.717, 1.165) is 6.42 Å². The molecule has 3 N–H and O–H groups in total. The molecule has 29 heavy (non-hydrogen) atoms. The Morgan fingerprint density at radius 1 is 0.897 bits per heavy atom. The fourth-order valence-electron chi connectivity index (χ4n) is 3.33. The van der Waals surface area contributed by atoms with E-state index in [1.54, 1.807) is 31.3 Å². The van der Waals surface area contributed by atoms with Gasteiger partial charge in [-0.3, -0.25) is 9.59 Å². The quantitative estimate of drug-likeness (QED) is 0.597. The molecule has 1 atom stereocenters. The van der Waals surface area contributed by atoms with E-state index in [-0.39, 0.29) is 24.4 Å². The van der Waals surface area contributed by atoms with Crippen molar-refractivity contribution in [3.05, 3.63) is 65.2 Å². The summed E-state index contributed by atoms with van der Waals surface area (Å²) in [7, 11) is 1.59. The summed E-state index contributed by atoms with van der Waals surface area (Å²) in [4.78, 5) is 24.0. The number of carbonyl (C=O) groups is 2. The SMILES string of the molecule is CNC(=O)c1ccc(NC(=O)CN[C@@H](c2ccc(CC(C)C)cc2)C(C)C)cc1. The number of hydrogen-bond acceptors (Lipinski definition) is 3. The van der Waals surface area contributed by atoms with Gasteiger partial charge in [0.05, 0.1) is 6.54 Å². The third-order valence-corrected chi connectivity index (χ3v) is 4.79. The molecule has 2 amide bonds. The molecule has 0 saturated carbocycles. The molecule has 0 aliphatic rings. The van der Waals surface area contributed by atoms with Gasteiger partial charge in [0.1, 0.15) is 0 Å². The van der Waals surface area contributed by atoms with Gasteiger partial charge < -0.3 is 16.0 Å². The highest BCUT2D eigenvalue weighted by Crippen LogP contribution is 2.22. The molecular formula is C24H33N3O2. The van der Waals surface area contributed by atoms with Crippen LogP contribution in [0.5, 0.6) is 0 Å². The van der Waals surface area contributed by atoms with Crippen LogP contribution in [0.4, 0.5) is 5.69 Å². The molecule has 0 aromatic heterocycles. The van der Waals surface area contributed by atoms with Crippen LogP contribution in [0.3, 0.4) is 0 Å². The molecule has 0 aliphatic heterocycles. The Labute approximate surface area is 174 Å². The summed E-state index contributed by atoms with van der Waals surface area (Å²) in [5.41, 5.74) is 3.76. The normalized spacial score (nSPS) is 12.1. The zero-order chi connectivity index (χ0) is 21.4. The second-order valence-electron chi connectivity index (χ2n) is 8.15. The number of anilines is 1. The van der Waals surface area contributed by atoms with Crippen LogP contribution in [0.25, 0.3) is 0 Å². The second-order valence-corrected chi connectivity index (χ2v) is 8.15. The van der Waals surface area contributed by atoms with Gasteiger partial charge in [0.25, 0.3) is 5.91 Å². The lowest BCUT2D eigenvalue weighted by Crippen LogP contribution is -2.33. The van der Waals surface area contributed by atoms with E-state index >= 15 is 0 Å². The highest BCUT2D eigenvalue weighted by atomic mass is 16.2. The summed E-state index contributed by atoms with van der Waals surface area (Å²) in [5.74, 6) is 0.725. The molecule has 0 radical (unpaired) electrons. The van der Waals surface area contributed by atoms with Crippen LogP contribution in [-0.4, -0.2) is 25.4 Å². The van der Waals surface area contributed by atoms with E-state index in [2.05, 4.69) is 67.9 Å². The first kappa shape index (κ1) is 22.6. The van der Waals surface area contributed by atoms with Gasteiger partial charge in [-0.25, -0.2) is 0 Å². The highest BCUT2D eigenvalue weighted by Gasteiger charge is 2.17. The molecule has 5 nitrogen and oxygen atoms in total. The number of carbonyl (C=O) groups excluding carboxylic acids is 2. The fourth-order valence-corrected chi connectivity index (χ4v) is 3.33. The molecule has 2 aromatic rings. The van der Waals surface area contributed by atoms with Crippen molar-refractivity contribution >= 4 is 17.5 Å². The summed E-state index contributed by atoms with van der Waals surface area (Å²) < 4.78 is 0. The van der Waals surface area contributed by atoms with Crippen LogP contribution in [0.1, 0.15) is 55.2 Å². The van der Waals surface area contributed by atoms with Gasteiger partial charge in [0, 0.05) is 24.3 Å². The van der Waals surface area contributed by atoms with Crippen LogP contribution < -0.4 is 16.0 Å². The molecule has 0 fully saturated rings. The predicted octanol–water partition coefficient (Wildman–Crippen LogP) is 4.17. The first-order chi connectivity index (χ1) is 13.8. The van der Waals surface area contributed by atoms with Gasteiger partial charge in [-0.05, 0) is 53.6 Å². The molecule has 0 spiro atoms. The molecule has 156 valence electrons. The van der Waals surface area contributed by atoms with Crippen molar-refractivity contribution < 1.29 is 9.59 Å². The van der Waals surface area contributed by atoms with Gasteiger partial charge in [-0.1, -0.05) is 52.0 Å². The smallest absolute Gasteiger partial charge is 0.251 e. The zero-order valence-corrected chi connectivity index (χ0v) is 18.1. The van der Waals surface area contributed by atoms with Crippen molar-refractivity contribution in [2.45, 2.75) is 40.2 Å². The minimum Gasteiger partial charge on any atom is -0.355 e. The molecule has 2 rings (SSSR count). The largest absolute Gasteiger partial charge is 0.355 e. The van der Waals surface area contributed by atoms with Crippen molar-refractivity contribution in [2.24, 2.45) is 11.8 Å². The topological polar surface area (TPSA) is 70.2 Å². The molecule has 0 unspecified atom stereocenters. The maximum absolute atomic E-state index is 12.4. The van der Waals surface area contributed by atoms with E-state index in [9.17, 15) is 9.59 Å². The van der Waals surface area contributed by atoms with E-state index < -0.39 is 0 Å². The predicted molar refractivity (Wildman–Crippen MR) is 119 cm³/mol. The van der Waals surface area contributed by atoms with E-state index in [1.165, 1.54) is 11.1 Å². The lowest BCUT2D eigenvalue weighted by molar-refractivity contribution is -0.115. The van der Waals surface area contributed by atoms with E-state index in [0.29, 0.717) is 23.1 Å². The van der Waals surface area contributed by atoms with Gasteiger partial charge in [-0.2, -0.15) is 0 Å². The van der Waals surface area contributed by atoms with E-state index in [4.69, 9.17) is 0 Å². The van der Waals surface area contributed by atoms with Gasteiger partial charge in [0.2, 0.25) is 5.91 Å². The van der Waals surface area contributed by atoms with E-state index in [1.807, 2.05) is 0 Å². The number of benzene rings is 2. The Kier molecular flexibility index (Phi) is 8.40. The van der Waals surface area contributed by atoms with Crippen molar-refractivity contribution in [1.82, 2.24) is 10.6 Å². The third kappa shape index (κ3) is 7.02. The monoisotopic (exact) mass is 395 g/mol. The zero-order valence-electron chi connectivity index (χ0n) is 18.1. The van der Waals surface area contributed by atoms with Crippen LogP contribution in [0.2, 0.25) is 0 Å². The van der Waals surface area contributed by atoms with Gasteiger partial charge in [-0.15, -0.1) is 0 Å². The van der Waals surface area contributed by atoms with Crippen molar-refractivity contribution in [1.29, 1.82) is 0 Å². The average molecular weight is 396 g/mol. The number of nitrogens with one attached hydrogen (secondary N) is 3. The number of hydrogen-bond donors (Lipinski definition) is 3. The molecule has 0 bridgehead atoms. The molecule has 0 aliphatic carbocycles. The number of rotatable bonds is 9. The molecule has 0 heterocycles. The Morgan fingerprint density at radius 3 is 2.03 bits per heavy atom. The van der Waals surface area contributed by atoms with Gasteiger partial charge in [0.15, 0.2) is 0 Å². The molecule has 0 saturated heterocycles. The summed E-state index contributed by atoms with van der Waals surface area (Å²) >= 11 is 0. The van der Waals surface area contributed by atoms with Crippen molar-refractivity contribution in [2.75, 3.05) is 18.9 Å². The maximum Gasteiger partial charge on any atom is 0.251 e. The van der Waals surface area contributed by atoms with Crippen molar-refractivity contribution in [3.8, 4) is 0 Å². The third-order valence-electron chi connectivity index (χ3n) is 4.79. The van der Waals surface area contributed by atoms with Gasteiger partial charge >= 0.3 is 0 Å². The summed E-state index contributed by atoms with van der Waals surface area (Å²) in [6, 6.07) is 15.6. The average Bonchev–Trinajstić information content (AvgIpc) is 2.68. The molecule has 2 aromatic carbocycles. The maximum atomic E-state index is 12.4. The molecule has 5 heteroatoms. The standard InChI is InChI=1S/C24H33N3O2/c1-16(2)14-18-6-8-19(9-7-18)23(17(3)4)26-15-22(28)27-21-12-10-20(11-13-21)24(29)25-5/h6-13,16-17,23,26H,14-15H2,1-5H3,(H,25,29)(H,27,28)/t23-/m1/s1. The van der Waals surface area contributed by atoms with Crippen LogP contribution in [0.15, 0.2) is 48.5 Å². The van der Waals surface area contributed by atoms with Crippen molar-refractivity contribution in [3.63, 3.8) is 0 Å². The first-order valence-corrected chi connectivity index (χ1v) is 10.2. The summed E-state index contributed by atoms with van der Waals surface area (Å²) in [5, 5.41) is 8.82.